The number of methoxy groups -OCH3 is 2. The van der Waals surface area contributed by atoms with Crippen LogP contribution in [0.3, 0.4) is 0 Å². The van der Waals surface area contributed by atoms with E-state index in [0.29, 0.717) is 10.8 Å². The minimum absolute atomic E-state index is 0.690. The molecule has 2 heterocycles. The van der Waals surface area contributed by atoms with E-state index < -0.39 is 0 Å². The van der Waals surface area contributed by atoms with Gasteiger partial charge >= 0.3 is 0 Å². The van der Waals surface area contributed by atoms with Crippen LogP contribution in [-0.4, -0.2) is 34.5 Å². The highest BCUT2D eigenvalue weighted by Crippen LogP contribution is 2.28. The molecule has 0 N–H and O–H groups in total. The SMILES string of the molecule is COc1ccc(/C=N/n2cc(-c3ccc(OC)cc3)n3cc(-c4ccc(Cl)cc4)nc23)cc1. The van der Waals surface area contributed by atoms with Crippen LogP contribution in [0.4, 0.5) is 0 Å². The van der Waals surface area contributed by atoms with E-state index in [0.717, 1.165) is 39.6 Å². The van der Waals surface area contributed by atoms with Crippen molar-refractivity contribution in [2.24, 2.45) is 5.10 Å². The normalized spacial score (nSPS) is 11.4. The molecule has 164 valence electrons. The Morgan fingerprint density at radius 1 is 0.788 bits per heavy atom. The van der Waals surface area contributed by atoms with Gasteiger partial charge in [0.05, 0.1) is 38.0 Å². The molecule has 0 aliphatic heterocycles. The van der Waals surface area contributed by atoms with Gasteiger partial charge in [0.2, 0.25) is 5.78 Å². The third kappa shape index (κ3) is 4.21. The predicted molar refractivity (Wildman–Crippen MR) is 132 cm³/mol. The molecule has 2 aromatic heterocycles. The Morgan fingerprint density at radius 3 is 2.03 bits per heavy atom. The fraction of sp³-hybridized carbons (Fsp3) is 0.0769. The first-order valence-electron chi connectivity index (χ1n) is 10.3. The molecule has 7 heteroatoms. The Balaban J connectivity index is 1.60. The Kier molecular flexibility index (Phi) is 5.59. The van der Waals surface area contributed by atoms with Crippen molar-refractivity contribution in [1.29, 1.82) is 0 Å². The van der Waals surface area contributed by atoms with Gasteiger partial charge in [-0.3, -0.25) is 4.40 Å². The number of aromatic nitrogens is 3. The van der Waals surface area contributed by atoms with Gasteiger partial charge < -0.3 is 9.47 Å². The lowest BCUT2D eigenvalue weighted by Crippen LogP contribution is -1.91. The molecule has 0 amide bonds. The van der Waals surface area contributed by atoms with Gasteiger partial charge in [-0.15, -0.1) is 0 Å². The molecule has 0 atom stereocenters. The van der Waals surface area contributed by atoms with Gasteiger partial charge in [0.15, 0.2) is 0 Å². The second kappa shape index (κ2) is 8.84. The van der Waals surface area contributed by atoms with Gasteiger partial charge in [0, 0.05) is 22.3 Å². The van der Waals surface area contributed by atoms with Gasteiger partial charge in [-0.1, -0.05) is 23.7 Å². The molecule has 0 aliphatic carbocycles. The molecule has 0 aliphatic rings. The monoisotopic (exact) mass is 456 g/mol. The van der Waals surface area contributed by atoms with Gasteiger partial charge in [-0.2, -0.15) is 5.10 Å². The molecule has 0 unspecified atom stereocenters. The standard InChI is InChI=1S/C26H21ClN4O2/c1-32-22-11-3-18(4-12-22)15-28-31-17-25(20-7-13-23(33-2)14-8-20)30-16-24(29-26(30)31)19-5-9-21(27)10-6-19/h3-17H,1-2H3/b28-15+. The number of nitrogens with zero attached hydrogens (tertiary/aromatic N) is 4. The number of halogens is 1. The maximum absolute atomic E-state index is 6.06. The van der Waals surface area contributed by atoms with Crippen molar-refractivity contribution < 1.29 is 9.47 Å². The molecule has 0 saturated carbocycles. The second-order valence-electron chi connectivity index (χ2n) is 7.41. The van der Waals surface area contributed by atoms with Crippen molar-refractivity contribution in [1.82, 2.24) is 14.1 Å². The lowest BCUT2D eigenvalue weighted by atomic mass is 10.1. The summed E-state index contributed by atoms with van der Waals surface area (Å²) in [7, 11) is 3.31. The summed E-state index contributed by atoms with van der Waals surface area (Å²) in [6.45, 7) is 0. The van der Waals surface area contributed by atoms with Crippen molar-refractivity contribution in [3.63, 3.8) is 0 Å². The fourth-order valence-electron chi connectivity index (χ4n) is 3.58. The zero-order chi connectivity index (χ0) is 22.8. The molecule has 0 radical (unpaired) electrons. The topological polar surface area (TPSA) is 53.0 Å². The molecule has 0 bridgehead atoms. The summed E-state index contributed by atoms with van der Waals surface area (Å²) < 4.78 is 14.4. The fourth-order valence-corrected chi connectivity index (χ4v) is 3.71. The summed E-state index contributed by atoms with van der Waals surface area (Å²) >= 11 is 6.06. The van der Waals surface area contributed by atoms with E-state index in [-0.39, 0.29) is 0 Å². The highest BCUT2D eigenvalue weighted by Gasteiger charge is 2.15. The van der Waals surface area contributed by atoms with Crippen LogP contribution in [0.5, 0.6) is 11.5 Å². The molecule has 5 aromatic rings. The largest absolute Gasteiger partial charge is 0.497 e. The average Bonchev–Trinajstić information content (AvgIpc) is 3.43. The lowest BCUT2D eigenvalue weighted by Gasteiger charge is -2.02. The summed E-state index contributed by atoms with van der Waals surface area (Å²) in [5, 5.41) is 5.37. The number of fused-ring (bicyclic) bond motifs is 1. The first-order chi connectivity index (χ1) is 16.1. The zero-order valence-corrected chi connectivity index (χ0v) is 18.9. The van der Waals surface area contributed by atoms with Crippen LogP contribution in [-0.2, 0) is 0 Å². The maximum Gasteiger partial charge on any atom is 0.236 e. The minimum Gasteiger partial charge on any atom is -0.497 e. The van der Waals surface area contributed by atoms with E-state index in [1.807, 2.05) is 89.6 Å². The molecule has 5 rings (SSSR count). The molecule has 3 aromatic carbocycles. The van der Waals surface area contributed by atoms with Crippen LogP contribution >= 0.6 is 11.6 Å². The van der Waals surface area contributed by atoms with Crippen LogP contribution in [0.2, 0.25) is 5.02 Å². The molecular weight excluding hydrogens is 436 g/mol. The van der Waals surface area contributed by atoms with E-state index >= 15 is 0 Å². The molecule has 0 saturated heterocycles. The zero-order valence-electron chi connectivity index (χ0n) is 18.1. The van der Waals surface area contributed by atoms with E-state index in [4.69, 9.17) is 26.1 Å². The summed E-state index contributed by atoms with van der Waals surface area (Å²) in [6, 6.07) is 23.3. The van der Waals surface area contributed by atoms with E-state index in [2.05, 4.69) is 5.10 Å². The molecule has 33 heavy (non-hydrogen) atoms. The van der Waals surface area contributed by atoms with Crippen molar-refractivity contribution in [3.8, 4) is 34.0 Å². The molecule has 0 fully saturated rings. The molecular formula is C26H21ClN4O2. The number of imidazole rings is 2. The van der Waals surface area contributed by atoms with Crippen LogP contribution in [0.25, 0.3) is 28.3 Å². The Hall–Kier alpha value is -4.03. The van der Waals surface area contributed by atoms with E-state index in [1.165, 1.54) is 0 Å². The number of hydrogen-bond donors (Lipinski definition) is 0. The maximum atomic E-state index is 6.06. The second-order valence-corrected chi connectivity index (χ2v) is 7.84. The third-order valence-corrected chi connectivity index (χ3v) is 5.62. The molecule has 6 nitrogen and oxygen atoms in total. The number of rotatable bonds is 6. The van der Waals surface area contributed by atoms with Gasteiger partial charge in [-0.25, -0.2) is 9.66 Å². The van der Waals surface area contributed by atoms with Crippen molar-refractivity contribution in [2.45, 2.75) is 0 Å². The highest BCUT2D eigenvalue weighted by molar-refractivity contribution is 6.30. The summed E-state index contributed by atoms with van der Waals surface area (Å²) in [5.74, 6) is 2.31. The smallest absolute Gasteiger partial charge is 0.236 e. The Bertz CT molecular complexity index is 1420. The Morgan fingerprint density at radius 2 is 1.39 bits per heavy atom. The molecule has 0 spiro atoms. The highest BCUT2D eigenvalue weighted by atomic mass is 35.5. The number of benzene rings is 3. The number of ether oxygens (including phenoxy) is 2. The number of hydrogen-bond acceptors (Lipinski definition) is 4. The summed E-state index contributed by atoms with van der Waals surface area (Å²) in [4.78, 5) is 4.86. The van der Waals surface area contributed by atoms with Crippen LogP contribution in [0.15, 0.2) is 90.3 Å². The quantitative estimate of drug-likeness (QED) is 0.293. The first kappa shape index (κ1) is 20.8. The van der Waals surface area contributed by atoms with Crippen LogP contribution < -0.4 is 9.47 Å². The summed E-state index contributed by atoms with van der Waals surface area (Å²) in [5.41, 5.74) is 4.77. The lowest BCUT2D eigenvalue weighted by molar-refractivity contribution is 0.414. The van der Waals surface area contributed by atoms with E-state index in [9.17, 15) is 0 Å². The van der Waals surface area contributed by atoms with Crippen LogP contribution in [0, 0.1) is 0 Å². The van der Waals surface area contributed by atoms with E-state index in [1.54, 1.807) is 25.1 Å². The van der Waals surface area contributed by atoms with Gasteiger partial charge in [0.1, 0.15) is 11.5 Å². The van der Waals surface area contributed by atoms with Crippen molar-refractivity contribution >= 4 is 23.6 Å². The van der Waals surface area contributed by atoms with Gasteiger partial charge in [0.25, 0.3) is 0 Å². The third-order valence-electron chi connectivity index (χ3n) is 5.37. The summed E-state index contributed by atoms with van der Waals surface area (Å²) in [6.07, 6.45) is 5.78. The van der Waals surface area contributed by atoms with Crippen LogP contribution in [0.1, 0.15) is 5.56 Å². The van der Waals surface area contributed by atoms with Gasteiger partial charge in [-0.05, 0) is 66.2 Å². The first-order valence-corrected chi connectivity index (χ1v) is 10.7. The average molecular weight is 457 g/mol. The Labute approximate surface area is 196 Å². The predicted octanol–water partition coefficient (Wildman–Crippen LogP) is 6.02. The van der Waals surface area contributed by atoms with Crippen molar-refractivity contribution in [2.75, 3.05) is 14.2 Å². The van der Waals surface area contributed by atoms with Crippen molar-refractivity contribution in [3.05, 3.63) is 95.8 Å². The minimum atomic E-state index is 0.690.